The fourth-order valence-electron chi connectivity index (χ4n) is 11.6. The van der Waals surface area contributed by atoms with E-state index in [1.54, 1.807) is 6.33 Å². The highest BCUT2D eigenvalue weighted by Crippen LogP contribution is 2.56. The molecule has 0 unspecified atom stereocenters. The van der Waals surface area contributed by atoms with Gasteiger partial charge in [-0.1, -0.05) is 152 Å². The molecule has 11 rings (SSSR count). The van der Waals surface area contributed by atoms with Gasteiger partial charge >= 0.3 is 0 Å². The number of rotatable bonds is 2. The van der Waals surface area contributed by atoms with Crippen molar-refractivity contribution in [1.82, 2.24) is 14.4 Å². The molecule has 9 aromatic rings. The number of anilines is 6. The maximum atomic E-state index is 5.42. The van der Waals surface area contributed by atoms with Crippen LogP contribution in [0.3, 0.4) is 0 Å². The van der Waals surface area contributed by atoms with Crippen LogP contribution in [0.25, 0.3) is 38.1 Å². The zero-order valence-electron chi connectivity index (χ0n) is 43.6. The molecule has 0 saturated carbocycles. The van der Waals surface area contributed by atoms with Gasteiger partial charge in [-0.2, -0.15) is 0 Å². The van der Waals surface area contributed by atoms with Crippen LogP contribution >= 0.6 is 0 Å². The molecular formula is C62H68BN5. The maximum absolute atomic E-state index is 5.42. The van der Waals surface area contributed by atoms with E-state index in [0.717, 1.165) is 17.0 Å². The van der Waals surface area contributed by atoms with Gasteiger partial charge in [-0.05, 0) is 133 Å². The van der Waals surface area contributed by atoms with Gasteiger partial charge in [0.2, 0.25) is 0 Å². The van der Waals surface area contributed by atoms with Crippen LogP contribution in [0.1, 0.15) is 143 Å². The zero-order chi connectivity index (χ0) is 48.5. The van der Waals surface area contributed by atoms with Crippen LogP contribution in [0.4, 0.5) is 34.1 Å². The van der Waals surface area contributed by atoms with Gasteiger partial charge in [-0.3, -0.25) is 0 Å². The van der Waals surface area contributed by atoms with Crippen molar-refractivity contribution in [2.45, 2.75) is 145 Å². The highest BCUT2D eigenvalue weighted by Gasteiger charge is 2.48. The van der Waals surface area contributed by atoms with Gasteiger partial charge in [0.05, 0.1) is 45.5 Å². The Morgan fingerprint density at radius 3 is 1.44 bits per heavy atom. The molecule has 6 aromatic carbocycles. The van der Waals surface area contributed by atoms with E-state index in [1.807, 2.05) is 0 Å². The molecule has 0 N–H and O–H groups in total. The first-order valence-corrected chi connectivity index (χ1v) is 24.9. The van der Waals surface area contributed by atoms with Crippen molar-refractivity contribution < 1.29 is 0 Å². The van der Waals surface area contributed by atoms with Gasteiger partial charge in [0.25, 0.3) is 6.71 Å². The number of aryl methyl sites for hydroxylation is 2. The van der Waals surface area contributed by atoms with Gasteiger partial charge in [-0.25, -0.2) is 9.97 Å². The molecule has 0 aliphatic carbocycles. The van der Waals surface area contributed by atoms with E-state index in [4.69, 9.17) is 9.97 Å². The van der Waals surface area contributed by atoms with Gasteiger partial charge in [0.15, 0.2) is 0 Å². The predicted octanol–water partition coefficient (Wildman–Crippen LogP) is 14.8. The monoisotopic (exact) mass is 894 g/mol. The largest absolute Gasteiger partial charge is 0.311 e. The molecule has 68 heavy (non-hydrogen) atoms. The van der Waals surface area contributed by atoms with E-state index in [0.29, 0.717) is 0 Å². The Kier molecular flexibility index (Phi) is 9.28. The molecule has 0 atom stereocenters. The molecule has 0 saturated heterocycles. The average molecular weight is 894 g/mol. The van der Waals surface area contributed by atoms with Crippen LogP contribution in [0, 0.1) is 13.8 Å². The van der Waals surface area contributed by atoms with Crippen LogP contribution in [0.2, 0.25) is 0 Å². The number of nitrogens with zero attached hydrogens (tertiary/aromatic N) is 5. The lowest BCUT2D eigenvalue weighted by molar-refractivity contribution is 0.589. The molecule has 2 aliphatic rings. The molecule has 0 radical (unpaired) electrons. The molecule has 344 valence electrons. The lowest BCUT2D eigenvalue weighted by atomic mass is 9.34. The Morgan fingerprint density at radius 1 is 0.456 bits per heavy atom. The molecular weight excluding hydrogens is 826 g/mol. The summed E-state index contributed by atoms with van der Waals surface area (Å²) >= 11 is 0. The zero-order valence-corrected chi connectivity index (χ0v) is 43.6. The summed E-state index contributed by atoms with van der Waals surface area (Å²) in [5.74, 6) is 0. The number of fused-ring (bicyclic) bond motifs is 12. The second-order valence-corrected chi connectivity index (χ2v) is 25.4. The molecule has 2 aliphatic heterocycles. The summed E-state index contributed by atoms with van der Waals surface area (Å²) in [6.45, 7) is 39.4. The normalized spacial score (nSPS) is 14.5. The molecule has 0 bridgehead atoms. The SMILES string of the molecule is Cc1cc(C(C)(C)C)cc(C)c1N1c2cncnc2B2c3cc(C(C)(C)C)ccc3N(c3ccc(C(C)(C)C)cc3)c3c2c1c1c2cc(C(C)(C)C)ccc2n2c4ccc(C(C)(C)C)cc4c3c12. The van der Waals surface area contributed by atoms with Crippen LogP contribution < -0.4 is 26.3 Å². The lowest BCUT2D eigenvalue weighted by Gasteiger charge is -2.45. The molecule has 6 heteroatoms. The van der Waals surface area contributed by atoms with Gasteiger partial charge < -0.3 is 14.2 Å². The van der Waals surface area contributed by atoms with Crippen molar-refractivity contribution >= 4 is 95.5 Å². The maximum Gasteiger partial charge on any atom is 0.275 e. The van der Waals surface area contributed by atoms with Crippen LogP contribution in [-0.4, -0.2) is 21.1 Å². The summed E-state index contributed by atoms with van der Waals surface area (Å²) in [7, 11) is 0. The van der Waals surface area contributed by atoms with Gasteiger partial charge in [0.1, 0.15) is 6.33 Å². The van der Waals surface area contributed by atoms with Crippen molar-refractivity contribution in [1.29, 1.82) is 0 Å². The summed E-state index contributed by atoms with van der Waals surface area (Å²) < 4.78 is 2.61. The molecule has 0 amide bonds. The quantitative estimate of drug-likeness (QED) is 0.162. The highest BCUT2D eigenvalue weighted by atomic mass is 15.2. The van der Waals surface area contributed by atoms with E-state index < -0.39 is 0 Å². The van der Waals surface area contributed by atoms with Crippen LogP contribution in [-0.2, 0) is 27.1 Å². The Bertz CT molecular complexity index is 3530. The minimum Gasteiger partial charge on any atom is -0.311 e. The molecule has 3 aromatic heterocycles. The van der Waals surface area contributed by atoms with Crippen molar-refractivity contribution in [3.8, 4) is 0 Å². The Hall–Kier alpha value is -6.14. The minimum absolute atomic E-state index is 0.00844. The van der Waals surface area contributed by atoms with Crippen LogP contribution in [0.15, 0.2) is 104 Å². The van der Waals surface area contributed by atoms with Crippen molar-refractivity contribution in [2.75, 3.05) is 9.80 Å². The summed E-state index contributed by atoms with van der Waals surface area (Å²) in [6, 6.07) is 36.2. The first-order valence-electron chi connectivity index (χ1n) is 24.9. The fourth-order valence-corrected chi connectivity index (χ4v) is 11.6. The summed E-state index contributed by atoms with van der Waals surface area (Å²) in [5, 5.41) is 5.13. The average Bonchev–Trinajstić information content (AvgIpc) is 3.77. The second kappa shape index (κ2) is 14.2. The molecule has 0 fully saturated rings. The third-order valence-electron chi connectivity index (χ3n) is 15.4. The number of hydrogen-bond acceptors (Lipinski definition) is 4. The van der Waals surface area contributed by atoms with Crippen molar-refractivity contribution in [2.24, 2.45) is 0 Å². The summed E-state index contributed by atoms with van der Waals surface area (Å²) in [6.07, 6.45) is 3.87. The van der Waals surface area contributed by atoms with Gasteiger partial charge in [-0.15, -0.1) is 0 Å². The number of benzene rings is 6. The van der Waals surface area contributed by atoms with Crippen molar-refractivity contribution in [3.05, 3.63) is 142 Å². The standard InChI is InChI=1S/C62H68BN5/c1-35-28-41(62(15,16)17)29-36(2)53(35)68-49-33-64-34-65-57(49)63-45-32-40(61(12,13)14)22-27-48(45)66(42-23-18-37(19-24-42)58(3,4)5)55-50-43-30-38(59(6,7)8)20-25-46(43)67-47-26-21-39(60(9,10)11)31-44(47)51(54(50)67)56(68)52(55)63/h18-34H,1-17H3. The first-order chi connectivity index (χ1) is 31.7. The number of hydrogen-bond donors (Lipinski definition) is 0. The highest BCUT2D eigenvalue weighted by molar-refractivity contribution is 7.00. The van der Waals surface area contributed by atoms with Crippen molar-refractivity contribution in [3.63, 3.8) is 0 Å². The van der Waals surface area contributed by atoms with Gasteiger partial charge in [0, 0.05) is 38.5 Å². The van der Waals surface area contributed by atoms with E-state index in [-0.39, 0.29) is 33.8 Å². The smallest absolute Gasteiger partial charge is 0.275 e. The summed E-state index contributed by atoms with van der Waals surface area (Å²) in [4.78, 5) is 15.5. The van der Waals surface area contributed by atoms with E-state index >= 15 is 0 Å². The molecule has 5 heterocycles. The Balaban J connectivity index is 1.43. The lowest BCUT2D eigenvalue weighted by Crippen LogP contribution is -2.62. The summed E-state index contributed by atoms with van der Waals surface area (Å²) in [5.41, 5.74) is 23.3. The Labute approximate surface area is 405 Å². The van der Waals surface area contributed by atoms with E-state index in [2.05, 4.69) is 229 Å². The third kappa shape index (κ3) is 6.41. The predicted molar refractivity (Wildman–Crippen MR) is 294 cm³/mol. The van der Waals surface area contributed by atoms with Crippen LogP contribution in [0.5, 0.6) is 0 Å². The minimum atomic E-state index is -0.175. The molecule has 5 nitrogen and oxygen atoms in total. The second-order valence-electron chi connectivity index (χ2n) is 25.4. The topological polar surface area (TPSA) is 36.7 Å². The van der Waals surface area contributed by atoms with E-state index in [9.17, 15) is 0 Å². The Morgan fingerprint density at radius 2 is 0.926 bits per heavy atom. The van der Waals surface area contributed by atoms with E-state index in [1.165, 1.54) is 111 Å². The fraction of sp³-hybridized carbons (Fsp3) is 0.355. The molecule has 0 spiro atoms. The number of aromatic nitrogens is 3. The first kappa shape index (κ1) is 44.4. The third-order valence-corrected chi connectivity index (χ3v) is 15.4.